The van der Waals surface area contributed by atoms with Crippen molar-refractivity contribution < 1.29 is 0 Å². The van der Waals surface area contributed by atoms with E-state index in [9.17, 15) is 0 Å². The van der Waals surface area contributed by atoms with Crippen LogP contribution in [-0.4, -0.2) is 28.3 Å². The molecule has 2 aromatic heterocycles. The molecule has 0 aliphatic rings. The summed E-state index contributed by atoms with van der Waals surface area (Å²) in [7, 11) is 0. The van der Waals surface area contributed by atoms with Crippen molar-refractivity contribution in [1.29, 1.82) is 0 Å². The van der Waals surface area contributed by atoms with Crippen LogP contribution in [0.3, 0.4) is 0 Å². The Balaban J connectivity index is 2.01. The van der Waals surface area contributed by atoms with Crippen LogP contribution in [0.4, 0.5) is 11.5 Å². The normalized spacial score (nSPS) is 10.6. The highest BCUT2D eigenvalue weighted by atomic mass is 15.2. The molecular weight excluding hydrogens is 250 g/mol. The summed E-state index contributed by atoms with van der Waals surface area (Å²) in [5.74, 6) is 1.02. The maximum atomic E-state index is 4.51. The molecule has 0 spiro atoms. The summed E-state index contributed by atoms with van der Waals surface area (Å²) >= 11 is 0. The summed E-state index contributed by atoms with van der Waals surface area (Å²) in [4.78, 5) is 6.74. The van der Waals surface area contributed by atoms with Crippen LogP contribution < -0.4 is 10.2 Å². The Morgan fingerprint density at radius 3 is 2.45 bits per heavy atom. The number of aromatic amines is 1. The number of H-pyrrole nitrogens is 1. The van der Waals surface area contributed by atoms with Gasteiger partial charge < -0.3 is 10.2 Å². The van der Waals surface area contributed by atoms with Gasteiger partial charge >= 0.3 is 0 Å². The lowest BCUT2D eigenvalue weighted by atomic mass is 10.2. The third kappa shape index (κ3) is 3.10. The van der Waals surface area contributed by atoms with Crippen molar-refractivity contribution in [3.63, 3.8) is 0 Å². The Labute approximate surface area is 120 Å². The Kier molecular flexibility index (Phi) is 4.61. The molecule has 0 radical (unpaired) electrons. The van der Waals surface area contributed by atoms with Crippen molar-refractivity contribution in [2.45, 2.75) is 34.2 Å². The summed E-state index contributed by atoms with van der Waals surface area (Å²) < 4.78 is 0. The fraction of sp³-hybridized carbons (Fsp3) is 0.467. The zero-order valence-corrected chi connectivity index (χ0v) is 12.7. The van der Waals surface area contributed by atoms with Gasteiger partial charge in [0.2, 0.25) is 0 Å². The number of rotatable bonds is 6. The number of hydrogen-bond donors (Lipinski definition) is 2. The summed E-state index contributed by atoms with van der Waals surface area (Å²) in [5.41, 5.74) is 4.41. The lowest BCUT2D eigenvalue weighted by molar-refractivity contribution is 0.846. The van der Waals surface area contributed by atoms with E-state index in [-0.39, 0.29) is 0 Å². The number of aryl methyl sites for hydroxylation is 2. The molecule has 5 nitrogen and oxygen atoms in total. The molecule has 0 fully saturated rings. The van der Waals surface area contributed by atoms with Crippen LogP contribution in [0.15, 0.2) is 18.3 Å². The molecule has 2 heterocycles. The van der Waals surface area contributed by atoms with Gasteiger partial charge in [-0.2, -0.15) is 5.10 Å². The second-order valence-corrected chi connectivity index (χ2v) is 4.84. The van der Waals surface area contributed by atoms with E-state index >= 15 is 0 Å². The van der Waals surface area contributed by atoms with Gasteiger partial charge in [-0.1, -0.05) is 0 Å². The molecule has 0 aliphatic heterocycles. The lowest BCUT2D eigenvalue weighted by Gasteiger charge is -2.19. The topological polar surface area (TPSA) is 56.8 Å². The fourth-order valence-electron chi connectivity index (χ4n) is 2.25. The third-order valence-electron chi connectivity index (χ3n) is 3.59. The molecule has 2 N–H and O–H groups in total. The van der Waals surface area contributed by atoms with Gasteiger partial charge in [0, 0.05) is 30.9 Å². The first-order chi connectivity index (χ1) is 9.65. The summed E-state index contributed by atoms with van der Waals surface area (Å²) in [6.45, 7) is 11.1. The van der Waals surface area contributed by atoms with Crippen LogP contribution in [0.2, 0.25) is 0 Å². The zero-order valence-electron chi connectivity index (χ0n) is 12.7. The van der Waals surface area contributed by atoms with E-state index in [4.69, 9.17) is 0 Å². The minimum Gasteiger partial charge on any atom is -0.380 e. The van der Waals surface area contributed by atoms with Crippen LogP contribution in [0, 0.1) is 13.8 Å². The quantitative estimate of drug-likeness (QED) is 0.849. The fourth-order valence-corrected chi connectivity index (χ4v) is 2.25. The van der Waals surface area contributed by atoms with Crippen molar-refractivity contribution in [2.24, 2.45) is 0 Å². The largest absolute Gasteiger partial charge is 0.380 e. The molecule has 0 aliphatic carbocycles. The smallest absolute Gasteiger partial charge is 0.128 e. The van der Waals surface area contributed by atoms with Gasteiger partial charge in [-0.3, -0.25) is 5.10 Å². The van der Waals surface area contributed by atoms with E-state index in [2.05, 4.69) is 51.4 Å². The number of pyridine rings is 1. The van der Waals surface area contributed by atoms with Crippen molar-refractivity contribution in [3.8, 4) is 0 Å². The van der Waals surface area contributed by atoms with Crippen molar-refractivity contribution in [1.82, 2.24) is 15.2 Å². The molecule has 0 unspecified atom stereocenters. The van der Waals surface area contributed by atoms with Gasteiger partial charge in [0.25, 0.3) is 0 Å². The summed E-state index contributed by atoms with van der Waals surface area (Å²) in [6, 6.07) is 4.13. The number of aromatic nitrogens is 3. The first-order valence-corrected chi connectivity index (χ1v) is 7.11. The lowest BCUT2D eigenvalue weighted by Crippen LogP contribution is -2.22. The number of anilines is 2. The van der Waals surface area contributed by atoms with Gasteiger partial charge in [-0.05, 0) is 39.8 Å². The molecule has 2 rings (SSSR count). The van der Waals surface area contributed by atoms with E-state index in [1.54, 1.807) is 0 Å². The highest BCUT2D eigenvalue weighted by molar-refractivity contribution is 5.49. The Morgan fingerprint density at radius 2 is 1.95 bits per heavy atom. The molecule has 108 valence electrons. The molecule has 0 amide bonds. The van der Waals surface area contributed by atoms with E-state index in [1.165, 1.54) is 5.56 Å². The van der Waals surface area contributed by atoms with Crippen molar-refractivity contribution in [3.05, 3.63) is 35.3 Å². The van der Waals surface area contributed by atoms with Crippen LogP contribution in [-0.2, 0) is 6.54 Å². The molecule has 0 bridgehead atoms. The van der Waals surface area contributed by atoms with Gasteiger partial charge in [0.15, 0.2) is 0 Å². The SMILES string of the molecule is CCN(CC)c1ccc(NCc2c(C)n[nH]c2C)cn1. The average Bonchev–Trinajstić information content (AvgIpc) is 2.78. The van der Waals surface area contributed by atoms with Gasteiger partial charge in [0.05, 0.1) is 17.6 Å². The minimum absolute atomic E-state index is 0.764. The van der Waals surface area contributed by atoms with E-state index < -0.39 is 0 Å². The Bertz CT molecular complexity index is 520. The van der Waals surface area contributed by atoms with Crippen molar-refractivity contribution >= 4 is 11.5 Å². The molecule has 0 atom stereocenters. The molecule has 0 saturated carbocycles. The number of nitrogens with zero attached hydrogens (tertiary/aromatic N) is 3. The second kappa shape index (κ2) is 6.41. The predicted molar refractivity (Wildman–Crippen MR) is 83.2 cm³/mol. The molecular formula is C15H23N5. The Morgan fingerprint density at radius 1 is 1.20 bits per heavy atom. The molecule has 20 heavy (non-hydrogen) atoms. The maximum Gasteiger partial charge on any atom is 0.128 e. The minimum atomic E-state index is 0.764. The highest BCUT2D eigenvalue weighted by Crippen LogP contribution is 2.16. The average molecular weight is 273 g/mol. The summed E-state index contributed by atoms with van der Waals surface area (Å²) in [6.07, 6.45) is 1.89. The van der Waals surface area contributed by atoms with E-state index in [0.717, 1.165) is 42.5 Å². The zero-order chi connectivity index (χ0) is 14.5. The van der Waals surface area contributed by atoms with E-state index in [0.29, 0.717) is 0 Å². The standard InChI is InChI=1S/C15H23N5/c1-5-20(6-2)15-8-7-13(9-17-15)16-10-14-11(3)18-19-12(14)4/h7-9,16H,5-6,10H2,1-4H3,(H,18,19). The van der Waals surface area contributed by atoms with Crippen LogP contribution in [0.1, 0.15) is 30.8 Å². The van der Waals surface area contributed by atoms with Crippen LogP contribution >= 0.6 is 0 Å². The van der Waals surface area contributed by atoms with Crippen LogP contribution in [0.25, 0.3) is 0 Å². The first kappa shape index (κ1) is 14.4. The van der Waals surface area contributed by atoms with Gasteiger partial charge in [-0.15, -0.1) is 0 Å². The van der Waals surface area contributed by atoms with Gasteiger partial charge in [0.1, 0.15) is 5.82 Å². The molecule has 0 saturated heterocycles. The monoisotopic (exact) mass is 273 g/mol. The molecule has 0 aromatic carbocycles. The van der Waals surface area contributed by atoms with Crippen LogP contribution in [0.5, 0.6) is 0 Å². The number of nitrogens with one attached hydrogen (secondary N) is 2. The predicted octanol–water partition coefficient (Wildman–Crippen LogP) is 2.88. The molecule has 2 aromatic rings. The first-order valence-electron chi connectivity index (χ1n) is 7.11. The molecule has 5 heteroatoms. The van der Waals surface area contributed by atoms with E-state index in [1.807, 2.05) is 20.0 Å². The van der Waals surface area contributed by atoms with Crippen molar-refractivity contribution in [2.75, 3.05) is 23.3 Å². The highest BCUT2D eigenvalue weighted by Gasteiger charge is 2.06. The third-order valence-corrected chi connectivity index (χ3v) is 3.59. The second-order valence-electron chi connectivity index (χ2n) is 4.84. The summed E-state index contributed by atoms with van der Waals surface area (Å²) in [5, 5.41) is 10.6. The number of hydrogen-bond acceptors (Lipinski definition) is 4. The Hall–Kier alpha value is -2.04. The maximum absolute atomic E-state index is 4.51. The van der Waals surface area contributed by atoms with Gasteiger partial charge in [-0.25, -0.2) is 4.98 Å².